The Kier molecular flexibility index (Phi) is 4.37. The van der Waals surface area contributed by atoms with E-state index in [1.54, 1.807) is 26.2 Å². The van der Waals surface area contributed by atoms with Crippen molar-refractivity contribution in [2.75, 3.05) is 13.7 Å². The molecule has 0 bridgehead atoms. The van der Waals surface area contributed by atoms with Crippen LogP contribution < -0.4 is 0 Å². The van der Waals surface area contributed by atoms with Crippen molar-refractivity contribution in [1.29, 1.82) is 0 Å². The van der Waals surface area contributed by atoms with E-state index in [0.717, 1.165) is 0 Å². The molecule has 0 saturated carbocycles. The first kappa shape index (κ1) is 15.2. The van der Waals surface area contributed by atoms with E-state index in [1.165, 1.54) is 12.1 Å². The van der Waals surface area contributed by atoms with Gasteiger partial charge in [0.2, 0.25) is 0 Å². The number of hydroxylamine groups is 2. The van der Waals surface area contributed by atoms with Gasteiger partial charge in [0, 0.05) is 13.7 Å². The topological polar surface area (TPSA) is 72.9 Å². The van der Waals surface area contributed by atoms with Gasteiger partial charge in [-0.3, -0.25) is 9.59 Å². The molecule has 21 heavy (non-hydrogen) atoms. The third-order valence-corrected chi connectivity index (χ3v) is 3.59. The quantitative estimate of drug-likeness (QED) is 0.771. The van der Waals surface area contributed by atoms with Gasteiger partial charge in [-0.25, -0.2) is 4.79 Å². The fraction of sp³-hybridized carbons (Fsp3) is 0.400. The number of hydrogen-bond donors (Lipinski definition) is 0. The number of carbonyl (C=O) groups is 3. The van der Waals surface area contributed by atoms with Gasteiger partial charge in [0.05, 0.1) is 17.0 Å². The molecule has 1 aliphatic heterocycles. The van der Waals surface area contributed by atoms with Crippen LogP contribution in [0.25, 0.3) is 0 Å². The van der Waals surface area contributed by atoms with Gasteiger partial charge < -0.3 is 9.57 Å². The summed E-state index contributed by atoms with van der Waals surface area (Å²) in [4.78, 5) is 41.1. The molecule has 112 valence electrons. The van der Waals surface area contributed by atoms with Crippen molar-refractivity contribution in [2.24, 2.45) is 11.8 Å². The van der Waals surface area contributed by atoms with Gasteiger partial charge in [0.1, 0.15) is 0 Å². The Morgan fingerprint density at radius 2 is 1.67 bits per heavy atom. The van der Waals surface area contributed by atoms with Crippen molar-refractivity contribution < 1.29 is 24.0 Å². The molecule has 1 aliphatic rings. The molecule has 2 rings (SSSR count). The van der Waals surface area contributed by atoms with E-state index in [9.17, 15) is 14.4 Å². The first-order valence-electron chi connectivity index (χ1n) is 6.66. The third-order valence-electron chi connectivity index (χ3n) is 3.59. The fourth-order valence-electron chi connectivity index (χ4n) is 2.06. The van der Waals surface area contributed by atoms with Gasteiger partial charge in [-0.05, 0) is 18.1 Å². The maximum atomic E-state index is 12.1. The van der Waals surface area contributed by atoms with Crippen molar-refractivity contribution in [1.82, 2.24) is 5.06 Å². The van der Waals surface area contributed by atoms with Crippen LogP contribution in [0.4, 0.5) is 0 Å². The van der Waals surface area contributed by atoms with Crippen LogP contribution in [0, 0.1) is 11.8 Å². The number of hydrogen-bond acceptors (Lipinski definition) is 5. The lowest BCUT2D eigenvalue weighted by atomic mass is 9.97. The first-order valence-corrected chi connectivity index (χ1v) is 6.66. The van der Waals surface area contributed by atoms with E-state index in [0.29, 0.717) is 11.7 Å². The van der Waals surface area contributed by atoms with Crippen LogP contribution in [0.2, 0.25) is 0 Å². The number of methoxy groups -OCH3 is 1. The number of ether oxygens (including phenoxy) is 1. The molecule has 2 unspecified atom stereocenters. The number of fused-ring (bicyclic) bond motifs is 1. The molecule has 0 fully saturated rings. The van der Waals surface area contributed by atoms with Gasteiger partial charge in [-0.15, -0.1) is 0 Å². The lowest BCUT2D eigenvalue weighted by Gasteiger charge is -2.20. The zero-order chi connectivity index (χ0) is 15.6. The maximum Gasteiger partial charge on any atom is 0.336 e. The highest BCUT2D eigenvalue weighted by molar-refractivity contribution is 6.20. The molecule has 0 saturated heterocycles. The summed E-state index contributed by atoms with van der Waals surface area (Å²) in [6, 6.07) is 6.36. The molecule has 1 aromatic rings. The van der Waals surface area contributed by atoms with E-state index < -0.39 is 23.7 Å². The molecular formula is C15H17NO5. The van der Waals surface area contributed by atoms with E-state index >= 15 is 0 Å². The van der Waals surface area contributed by atoms with Crippen LogP contribution in [-0.2, 0) is 14.4 Å². The highest BCUT2D eigenvalue weighted by Crippen LogP contribution is 2.24. The molecule has 0 radical (unpaired) electrons. The van der Waals surface area contributed by atoms with Crippen molar-refractivity contribution in [2.45, 2.75) is 13.8 Å². The van der Waals surface area contributed by atoms with Crippen molar-refractivity contribution in [3.63, 3.8) is 0 Å². The number of rotatable bonds is 5. The second-order valence-corrected chi connectivity index (χ2v) is 5.08. The van der Waals surface area contributed by atoms with Crippen LogP contribution in [0.1, 0.15) is 34.6 Å². The summed E-state index contributed by atoms with van der Waals surface area (Å²) in [5.74, 6) is -2.44. The minimum absolute atomic E-state index is 0.0855. The molecule has 2 atom stereocenters. The van der Waals surface area contributed by atoms with Gasteiger partial charge in [0.15, 0.2) is 0 Å². The summed E-state index contributed by atoms with van der Waals surface area (Å²) < 4.78 is 4.98. The maximum absolute atomic E-state index is 12.1. The van der Waals surface area contributed by atoms with Gasteiger partial charge >= 0.3 is 5.97 Å². The Morgan fingerprint density at radius 3 is 2.14 bits per heavy atom. The van der Waals surface area contributed by atoms with Crippen LogP contribution in [0.5, 0.6) is 0 Å². The lowest BCUT2D eigenvalue weighted by Crippen LogP contribution is -2.36. The van der Waals surface area contributed by atoms with Crippen LogP contribution in [0.15, 0.2) is 24.3 Å². The largest absolute Gasteiger partial charge is 0.384 e. The van der Waals surface area contributed by atoms with Crippen LogP contribution >= 0.6 is 0 Å². The van der Waals surface area contributed by atoms with Gasteiger partial charge in [-0.2, -0.15) is 0 Å². The highest BCUT2D eigenvalue weighted by atomic mass is 16.7. The first-order chi connectivity index (χ1) is 9.97. The second-order valence-electron chi connectivity index (χ2n) is 5.08. The Hall–Kier alpha value is -2.21. The number of imide groups is 1. The predicted octanol–water partition coefficient (Wildman–Crippen LogP) is 1.66. The number of amides is 2. The molecular weight excluding hydrogens is 274 g/mol. The zero-order valence-corrected chi connectivity index (χ0v) is 12.2. The predicted molar refractivity (Wildman–Crippen MR) is 73.2 cm³/mol. The van der Waals surface area contributed by atoms with Gasteiger partial charge in [0.25, 0.3) is 11.8 Å². The minimum atomic E-state index is -0.631. The monoisotopic (exact) mass is 291 g/mol. The third kappa shape index (κ3) is 2.80. The van der Waals surface area contributed by atoms with Gasteiger partial charge in [-0.1, -0.05) is 31.0 Å². The Bertz CT molecular complexity index is 548. The molecule has 1 heterocycles. The minimum Gasteiger partial charge on any atom is -0.384 e. The second kappa shape index (κ2) is 6.05. The molecule has 6 heteroatoms. The summed E-state index contributed by atoms with van der Waals surface area (Å²) in [5, 5.41) is 0.531. The lowest BCUT2D eigenvalue weighted by molar-refractivity contribution is -0.175. The summed E-state index contributed by atoms with van der Waals surface area (Å²) in [6.45, 7) is 3.89. The Morgan fingerprint density at radius 1 is 1.14 bits per heavy atom. The molecule has 6 nitrogen and oxygen atoms in total. The Balaban J connectivity index is 2.10. The summed E-state index contributed by atoms with van der Waals surface area (Å²) in [7, 11) is 1.54. The van der Waals surface area contributed by atoms with E-state index in [4.69, 9.17) is 9.57 Å². The molecule has 1 aromatic carbocycles. The van der Waals surface area contributed by atoms with E-state index in [2.05, 4.69) is 0 Å². The SMILES string of the molecule is COCC(C)C(C)C(=O)ON1C(=O)c2ccccc2C1=O. The smallest absolute Gasteiger partial charge is 0.336 e. The summed E-state index contributed by atoms with van der Waals surface area (Å²) in [5.41, 5.74) is 0.487. The normalized spacial score (nSPS) is 16.6. The Labute approximate surface area is 122 Å². The number of benzene rings is 1. The zero-order valence-electron chi connectivity index (χ0n) is 12.2. The fourth-order valence-corrected chi connectivity index (χ4v) is 2.06. The average molecular weight is 291 g/mol. The number of nitrogens with zero attached hydrogens (tertiary/aromatic N) is 1. The van der Waals surface area contributed by atoms with Crippen LogP contribution in [0.3, 0.4) is 0 Å². The molecule has 0 aromatic heterocycles. The molecule has 0 spiro atoms. The van der Waals surface area contributed by atoms with Crippen molar-refractivity contribution in [3.8, 4) is 0 Å². The molecule has 0 N–H and O–H groups in total. The van der Waals surface area contributed by atoms with E-state index in [1.807, 2.05) is 6.92 Å². The summed E-state index contributed by atoms with van der Waals surface area (Å²) in [6.07, 6.45) is 0. The summed E-state index contributed by atoms with van der Waals surface area (Å²) >= 11 is 0. The standard InChI is InChI=1S/C15H17NO5/c1-9(8-20-3)10(2)15(19)21-16-13(17)11-6-4-5-7-12(11)14(16)18/h4-7,9-10H,8H2,1-3H3. The molecule has 2 amide bonds. The number of carbonyl (C=O) groups excluding carboxylic acids is 3. The van der Waals surface area contributed by atoms with Crippen molar-refractivity contribution in [3.05, 3.63) is 35.4 Å². The van der Waals surface area contributed by atoms with Crippen molar-refractivity contribution >= 4 is 17.8 Å². The van der Waals surface area contributed by atoms with Crippen LogP contribution in [-0.4, -0.2) is 36.6 Å². The highest BCUT2D eigenvalue weighted by Gasteiger charge is 2.39. The molecule has 0 aliphatic carbocycles. The average Bonchev–Trinajstić information content (AvgIpc) is 2.72. The van der Waals surface area contributed by atoms with E-state index in [-0.39, 0.29) is 17.0 Å².